The predicted octanol–water partition coefficient (Wildman–Crippen LogP) is 1.91. The summed E-state index contributed by atoms with van der Waals surface area (Å²) in [5.41, 5.74) is 0. The van der Waals surface area contributed by atoms with Gasteiger partial charge in [-0.15, -0.1) is 11.8 Å². The summed E-state index contributed by atoms with van der Waals surface area (Å²) in [7, 11) is 0. The molecule has 0 saturated carbocycles. The van der Waals surface area contributed by atoms with Crippen molar-refractivity contribution < 1.29 is 14.3 Å². The quantitative estimate of drug-likeness (QED) is 0.731. The van der Waals surface area contributed by atoms with E-state index in [9.17, 15) is 4.79 Å². The summed E-state index contributed by atoms with van der Waals surface area (Å²) in [5.74, 6) is 1.45. The van der Waals surface area contributed by atoms with Gasteiger partial charge >= 0.3 is 0 Å². The maximum atomic E-state index is 11.4. The van der Waals surface area contributed by atoms with Crippen LogP contribution in [0.15, 0.2) is 34.3 Å². The SMILES string of the molecule is CC(CCO)NC(=O)/C=C/SCc1ccco1. The van der Waals surface area contributed by atoms with Gasteiger partial charge in [0.2, 0.25) is 5.91 Å². The lowest BCUT2D eigenvalue weighted by molar-refractivity contribution is -0.117. The zero-order valence-corrected chi connectivity index (χ0v) is 10.6. The van der Waals surface area contributed by atoms with Crippen molar-refractivity contribution >= 4 is 17.7 Å². The molecule has 4 nitrogen and oxygen atoms in total. The van der Waals surface area contributed by atoms with E-state index in [1.807, 2.05) is 19.1 Å². The lowest BCUT2D eigenvalue weighted by Gasteiger charge is -2.09. The minimum Gasteiger partial charge on any atom is -0.468 e. The fourth-order valence-corrected chi connectivity index (χ4v) is 1.84. The molecule has 1 unspecified atom stereocenters. The molecule has 1 rings (SSSR count). The summed E-state index contributed by atoms with van der Waals surface area (Å²) in [5, 5.41) is 13.2. The Labute approximate surface area is 105 Å². The van der Waals surface area contributed by atoms with Crippen LogP contribution in [0.1, 0.15) is 19.1 Å². The number of aliphatic hydroxyl groups is 1. The minimum absolute atomic E-state index is 0.00720. The van der Waals surface area contributed by atoms with Crippen LogP contribution < -0.4 is 5.32 Å². The van der Waals surface area contributed by atoms with Gasteiger partial charge in [0.05, 0.1) is 12.0 Å². The Kier molecular flexibility index (Phi) is 6.50. The minimum atomic E-state index is -0.141. The molecular formula is C12H17NO3S. The number of amides is 1. The molecule has 94 valence electrons. The molecule has 1 heterocycles. The maximum Gasteiger partial charge on any atom is 0.244 e. The number of furan rings is 1. The van der Waals surface area contributed by atoms with Gasteiger partial charge in [0.25, 0.3) is 0 Å². The largest absolute Gasteiger partial charge is 0.468 e. The van der Waals surface area contributed by atoms with Crippen molar-refractivity contribution in [2.75, 3.05) is 6.61 Å². The van der Waals surface area contributed by atoms with Crippen molar-refractivity contribution in [2.24, 2.45) is 0 Å². The molecule has 0 aliphatic heterocycles. The Morgan fingerprint density at radius 2 is 2.53 bits per heavy atom. The van der Waals surface area contributed by atoms with E-state index in [-0.39, 0.29) is 18.6 Å². The first-order valence-electron chi connectivity index (χ1n) is 5.44. The Bertz CT molecular complexity index is 349. The van der Waals surface area contributed by atoms with Gasteiger partial charge < -0.3 is 14.8 Å². The third-order valence-electron chi connectivity index (χ3n) is 2.07. The second kappa shape index (κ2) is 7.97. The molecule has 0 aliphatic rings. The molecule has 0 spiro atoms. The summed E-state index contributed by atoms with van der Waals surface area (Å²) in [6.45, 7) is 1.94. The predicted molar refractivity (Wildman–Crippen MR) is 68.5 cm³/mol. The lowest BCUT2D eigenvalue weighted by Crippen LogP contribution is -2.31. The molecule has 0 radical (unpaired) electrons. The topological polar surface area (TPSA) is 62.5 Å². The first kappa shape index (κ1) is 13.9. The lowest BCUT2D eigenvalue weighted by atomic mass is 10.2. The number of thioether (sulfide) groups is 1. The van der Waals surface area contributed by atoms with Crippen LogP contribution in [0.25, 0.3) is 0 Å². The third-order valence-corrected chi connectivity index (χ3v) is 2.85. The molecule has 17 heavy (non-hydrogen) atoms. The molecule has 0 saturated heterocycles. The van der Waals surface area contributed by atoms with Gasteiger partial charge in [-0.3, -0.25) is 4.79 Å². The van der Waals surface area contributed by atoms with Crippen molar-refractivity contribution in [2.45, 2.75) is 25.1 Å². The van der Waals surface area contributed by atoms with Crippen LogP contribution in [0.5, 0.6) is 0 Å². The smallest absolute Gasteiger partial charge is 0.244 e. The molecule has 1 amide bonds. The highest BCUT2D eigenvalue weighted by molar-refractivity contribution is 8.01. The fourth-order valence-electron chi connectivity index (χ4n) is 1.19. The Balaban J connectivity index is 2.17. The van der Waals surface area contributed by atoms with Crippen molar-refractivity contribution in [3.8, 4) is 0 Å². The van der Waals surface area contributed by atoms with Crippen LogP contribution >= 0.6 is 11.8 Å². The number of hydrogen-bond donors (Lipinski definition) is 2. The van der Waals surface area contributed by atoms with Crippen LogP contribution in [-0.2, 0) is 10.5 Å². The molecule has 1 atom stereocenters. The van der Waals surface area contributed by atoms with Crippen LogP contribution in [0.3, 0.4) is 0 Å². The zero-order chi connectivity index (χ0) is 12.5. The van der Waals surface area contributed by atoms with Crippen LogP contribution in [0.4, 0.5) is 0 Å². The van der Waals surface area contributed by atoms with Gasteiger partial charge in [0, 0.05) is 18.7 Å². The van der Waals surface area contributed by atoms with Crippen LogP contribution in [0.2, 0.25) is 0 Å². The molecule has 0 aromatic carbocycles. The summed E-state index contributed by atoms with van der Waals surface area (Å²) in [6, 6.07) is 3.72. The number of rotatable bonds is 7. The Morgan fingerprint density at radius 1 is 1.71 bits per heavy atom. The molecule has 0 bridgehead atoms. The van der Waals surface area contributed by atoms with E-state index in [2.05, 4.69) is 5.32 Å². The van der Waals surface area contributed by atoms with Crippen molar-refractivity contribution in [1.29, 1.82) is 0 Å². The highest BCUT2D eigenvalue weighted by atomic mass is 32.2. The van der Waals surface area contributed by atoms with E-state index in [4.69, 9.17) is 9.52 Å². The Morgan fingerprint density at radius 3 is 3.18 bits per heavy atom. The molecule has 0 aliphatic carbocycles. The highest BCUT2D eigenvalue weighted by Crippen LogP contribution is 2.13. The first-order chi connectivity index (χ1) is 8.22. The van der Waals surface area contributed by atoms with Crippen molar-refractivity contribution in [3.05, 3.63) is 35.6 Å². The van der Waals surface area contributed by atoms with Crippen molar-refractivity contribution in [1.82, 2.24) is 5.32 Å². The number of hydrogen-bond acceptors (Lipinski definition) is 4. The normalized spacial score (nSPS) is 12.8. The average Bonchev–Trinajstić information content (AvgIpc) is 2.77. The number of aliphatic hydroxyl groups excluding tert-OH is 1. The van der Waals surface area contributed by atoms with E-state index >= 15 is 0 Å². The second-order valence-corrected chi connectivity index (χ2v) is 4.51. The van der Waals surface area contributed by atoms with E-state index in [1.165, 1.54) is 17.8 Å². The van der Waals surface area contributed by atoms with Gasteiger partial charge in [-0.25, -0.2) is 0 Å². The average molecular weight is 255 g/mol. The van der Waals surface area contributed by atoms with Gasteiger partial charge in [-0.1, -0.05) is 0 Å². The standard InChI is InChI=1S/C12H17NO3S/c1-10(4-6-14)13-12(15)5-8-17-9-11-3-2-7-16-11/h2-3,5,7-8,10,14H,4,6,9H2,1H3,(H,13,15)/b8-5+. The molecule has 5 heteroatoms. The summed E-state index contributed by atoms with van der Waals surface area (Å²) >= 11 is 1.50. The van der Waals surface area contributed by atoms with E-state index < -0.39 is 0 Å². The van der Waals surface area contributed by atoms with E-state index in [0.29, 0.717) is 12.2 Å². The number of carbonyl (C=O) groups excluding carboxylic acids is 1. The zero-order valence-electron chi connectivity index (χ0n) is 9.76. The monoisotopic (exact) mass is 255 g/mol. The van der Waals surface area contributed by atoms with Gasteiger partial charge in [-0.05, 0) is 30.9 Å². The summed E-state index contributed by atoms with van der Waals surface area (Å²) in [4.78, 5) is 11.4. The first-order valence-corrected chi connectivity index (χ1v) is 6.49. The molecule has 2 N–H and O–H groups in total. The van der Waals surface area contributed by atoms with Crippen LogP contribution in [-0.4, -0.2) is 23.7 Å². The summed E-state index contributed by atoms with van der Waals surface area (Å²) in [6.07, 6.45) is 3.68. The third kappa shape index (κ3) is 6.19. The van der Waals surface area contributed by atoms with Gasteiger partial charge in [0.1, 0.15) is 5.76 Å². The molecule has 1 aromatic rings. The molecular weight excluding hydrogens is 238 g/mol. The molecule has 1 aromatic heterocycles. The fraction of sp³-hybridized carbons (Fsp3) is 0.417. The van der Waals surface area contributed by atoms with E-state index in [0.717, 1.165) is 5.76 Å². The van der Waals surface area contributed by atoms with Gasteiger partial charge in [0.15, 0.2) is 0 Å². The van der Waals surface area contributed by atoms with Gasteiger partial charge in [-0.2, -0.15) is 0 Å². The molecule has 0 fully saturated rings. The maximum absolute atomic E-state index is 11.4. The summed E-state index contributed by atoms with van der Waals surface area (Å²) < 4.78 is 5.15. The van der Waals surface area contributed by atoms with Crippen molar-refractivity contribution in [3.63, 3.8) is 0 Å². The Hall–Kier alpha value is -1.20. The van der Waals surface area contributed by atoms with Crippen LogP contribution in [0, 0.1) is 0 Å². The highest BCUT2D eigenvalue weighted by Gasteiger charge is 2.02. The second-order valence-electron chi connectivity index (χ2n) is 3.62. The van der Waals surface area contributed by atoms with E-state index in [1.54, 1.807) is 11.7 Å². The number of carbonyl (C=O) groups is 1. The number of nitrogens with one attached hydrogen (secondary N) is 1.